The van der Waals surface area contributed by atoms with Gasteiger partial charge < -0.3 is 19.2 Å². The van der Waals surface area contributed by atoms with Gasteiger partial charge in [-0.2, -0.15) is 0 Å². The maximum Gasteiger partial charge on any atom is 0.317 e. The van der Waals surface area contributed by atoms with Crippen molar-refractivity contribution in [3.8, 4) is 0 Å². The number of urea groups is 1. The van der Waals surface area contributed by atoms with Gasteiger partial charge in [0.2, 0.25) is 0 Å². The molecule has 2 amide bonds. The molecular weight excluding hydrogens is 342 g/mol. The van der Waals surface area contributed by atoms with Crippen LogP contribution in [0.25, 0.3) is 0 Å². The summed E-state index contributed by atoms with van der Waals surface area (Å²) in [5.74, 6) is 2.00. The third-order valence-corrected chi connectivity index (χ3v) is 4.87. The van der Waals surface area contributed by atoms with Crippen LogP contribution in [0.1, 0.15) is 36.0 Å². The van der Waals surface area contributed by atoms with Crippen LogP contribution in [0.4, 0.5) is 4.79 Å². The second kappa shape index (κ2) is 8.07. The highest BCUT2D eigenvalue weighted by atomic mass is 16.3. The van der Waals surface area contributed by atoms with Crippen molar-refractivity contribution in [2.75, 3.05) is 13.1 Å². The maximum absolute atomic E-state index is 12.5. The van der Waals surface area contributed by atoms with Crippen molar-refractivity contribution in [1.29, 1.82) is 0 Å². The molecule has 0 radical (unpaired) electrons. The van der Waals surface area contributed by atoms with Crippen LogP contribution < -0.4 is 5.32 Å². The van der Waals surface area contributed by atoms with Crippen molar-refractivity contribution in [3.05, 3.63) is 72.5 Å². The summed E-state index contributed by atoms with van der Waals surface area (Å²) >= 11 is 0. The fourth-order valence-corrected chi connectivity index (χ4v) is 3.54. The van der Waals surface area contributed by atoms with Crippen LogP contribution in [0.15, 0.2) is 59.6 Å². The highest BCUT2D eigenvalue weighted by Crippen LogP contribution is 2.26. The number of likely N-dealkylation sites (tertiary alicyclic amines) is 1. The quantitative estimate of drug-likeness (QED) is 0.754. The van der Waals surface area contributed by atoms with E-state index in [9.17, 15) is 4.79 Å². The Morgan fingerprint density at radius 2 is 2.19 bits per heavy atom. The predicted molar refractivity (Wildman–Crippen MR) is 100 cm³/mol. The van der Waals surface area contributed by atoms with Gasteiger partial charge >= 0.3 is 6.03 Å². The van der Waals surface area contributed by atoms with Crippen LogP contribution in [0.2, 0.25) is 0 Å². The minimum atomic E-state index is -0.0565. The molecular formula is C20H23N5O2. The van der Waals surface area contributed by atoms with Gasteiger partial charge in [0.25, 0.3) is 0 Å². The number of furan rings is 1. The molecule has 27 heavy (non-hydrogen) atoms. The molecule has 1 N–H and O–H groups in total. The summed E-state index contributed by atoms with van der Waals surface area (Å²) in [6.45, 7) is 2.53. The van der Waals surface area contributed by atoms with E-state index in [1.54, 1.807) is 12.5 Å². The van der Waals surface area contributed by atoms with Gasteiger partial charge in [-0.15, -0.1) is 0 Å². The van der Waals surface area contributed by atoms with Crippen LogP contribution in [0, 0.1) is 0 Å². The zero-order chi connectivity index (χ0) is 18.5. The number of carbonyl (C=O) groups is 1. The Hall–Kier alpha value is -3.09. The van der Waals surface area contributed by atoms with Gasteiger partial charge in [0.15, 0.2) is 0 Å². The first-order valence-corrected chi connectivity index (χ1v) is 9.25. The summed E-state index contributed by atoms with van der Waals surface area (Å²) in [4.78, 5) is 23.4. The molecule has 1 aliphatic rings. The highest BCUT2D eigenvalue weighted by Gasteiger charge is 2.27. The number of aromatic nitrogens is 3. The lowest BCUT2D eigenvalue weighted by Gasteiger charge is -2.32. The van der Waals surface area contributed by atoms with Crippen molar-refractivity contribution in [2.24, 2.45) is 0 Å². The highest BCUT2D eigenvalue weighted by molar-refractivity contribution is 5.74. The second-order valence-corrected chi connectivity index (χ2v) is 6.76. The molecule has 140 valence electrons. The van der Waals surface area contributed by atoms with E-state index in [1.807, 2.05) is 47.6 Å². The van der Waals surface area contributed by atoms with E-state index in [1.165, 1.54) is 0 Å². The molecule has 4 heterocycles. The standard InChI is InChI=1S/C20H23N5O2/c26-20(23-13-18-7-4-12-27-18)25-10-3-5-16(14-25)19-22-9-11-24(19)15-17-6-1-2-8-21-17/h1-2,4,6-9,11-12,16H,3,5,10,13-15H2,(H,23,26)/t16-/m1/s1. The number of nitrogens with one attached hydrogen (secondary N) is 1. The smallest absolute Gasteiger partial charge is 0.317 e. The van der Waals surface area contributed by atoms with Crippen molar-refractivity contribution in [2.45, 2.75) is 31.8 Å². The number of hydrogen-bond donors (Lipinski definition) is 1. The Morgan fingerprint density at radius 1 is 1.22 bits per heavy atom. The fourth-order valence-electron chi connectivity index (χ4n) is 3.54. The molecule has 1 fully saturated rings. The van der Waals surface area contributed by atoms with E-state index < -0.39 is 0 Å². The normalized spacial score (nSPS) is 17.0. The molecule has 3 aromatic heterocycles. The first-order valence-electron chi connectivity index (χ1n) is 9.25. The van der Waals surface area contributed by atoms with Crippen LogP contribution in [-0.4, -0.2) is 38.6 Å². The first kappa shape index (κ1) is 17.3. The van der Waals surface area contributed by atoms with Crippen molar-refractivity contribution < 1.29 is 9.21 Å². The minimum absolute atomic E-state index is 0.0565. The summed E-state index contributed by atoms with van der Waals surface area (Å²) in [6.07, 6.45) is 9.22. The molecule has 0 aliphatic carbocycles. The number of carbonyl (C=O) groups excluding carboxylic acids is 1. The molecule has 0 unspecified atom stereocenters. The topological polar surface area (TPSA) is 76.2 Å². The monoisotopic (exact) mass is 365 g/mol. The lowest BCUT2D eigenvalue weighted by atomic mass is 9.97. The maximum atomic E-state index is 12.5. The van der Waals surface area contributed by atoms with Gasteiger partial charge in [0, 0.05) is 37.6 Å². The summed E-state index contributed by atoms with van der Waals surface area (Å²) in [5, 5.41) is 2.93. The third kappa shape index (κ3) is 4.19. The molecule has 0 bridgehead atoms. The van der Waals surface area contributed by atoms with Gasteiger partial charge in [0.05, 0.1) is 25.0 Å². The number of hydrogen-bond acceptors (Lipinski definition) is 4. The molecule has 0 spiro atoms. The van der Waals surface area contributed by atoms with Gasteiger partial charge in [-0.3, -0.25) is 4.98 Å². The van der Waals surface area contributed by atoms with Crippen LogP contribution in [-0.2, 0) is 13.1 Å². The molecule has 1 saturated heterocycles. The summed E-state index contributed by atoms with van der Waals surface area (Å²) in [7, 11) is 0. The number of rotatable bonds is 5. The molecule has 1 atom stereocenters. The summed E-state index contributed by atoms with van der Waals surface area (Å²) < 4.78 is 7.41. The predicted octanol–water partition coefficient (Wildman–Crippen LogP) is 3.01. The summed E-state index contributed by atoms with van der Waals surface area (Å²) in [5.41, 5.74) is 1.00. The number of imidazole rings is 1. The average Bonchev–Trinajstić information content (AvgIpc) is 3.39. The Bertz CT molecular complexity index is 860. The van der Waals surface area contributed by atoms with Gasteiger partial charge in [0.1, 0.15) is 11.6 Å². The average molecular weight is 365 g/mol. The molecule has 7 nitrogen and oxygen atoms in total. The fraction of sp³-hybridized carbons (Fsp3) is 0.350. The molecule has 7 heteroatoms. The molecule has 1 aliphatic heterocycles. The van der Waals surface area contributed by atoms with Crippen molar-refractivity contribution in [1.82, 2.24) is 24.8 Å². The number of pyridine rings is 1. The van der Waals surface area contributed by atoms with Crippen molar-refractivity contribution in [3.63, 3.8) is 0 Å². The van der Waals surface area contributed by atoms with E-state index >= 15 is 0 Å². The van der Waals surface area contributed by atoms with Gasteiger partial charge in [-0.25, -0.2) is 9.78 Å². The SMILES string of the molecule is O=C(NCc1ccco1)N1CCC[C@@H](c2nccn2Cc2ccccn2)C1. The molecule has 3 aromatic rings. The zero-order valence-electron chi connectivity index (χ0n) is 15.1. The van der Waals surface area contributed by atoms with Gasteiger partial charge in [-0.05, 0) is 37.1 Å². The van der Waals surface area contributed by atoms with E-state index in [0.29, 0.717) is 19.6 Å². The van der Waals surface area contributed by atoms with Crippen LogP contribution in [0.3, 0.4) is 0 Å². The lowest BCUT2D eigenvalue weighted by molar-refractivity contribution is 0.176. The Labute approximate surface area is 158 Å². The number of nitrogens with zero attached hydrogens (tertiary/aromatic N) is 4. The second-order valence-electron chi connectivity index (χ2n) is 6.76. The third-order valence-electron chi connectivity index (χ3n) is 4.87. The Balaban J connectivity index is 1.40. The van der Waals surface area contributed by atoms with E-state index in [-0.39, 0.29) is 11.9 Å². The minimum Gasteiger partial charge on any atom is -0.467 e. The largest absolute Gasteiger partial charge is 0.467 e. The molecule has 0 aromatic carbocycles. The number of amides is 2. The molecule has 0 saturated carbocycles. The van der Waals surface area contributed by atoms with E-state index in [4.69, 9.17) is 4.42 Å². The Kier molecular flexibility index (Phi) is 5.18. The van der Waals surface area contributed by atoms with Crippen LogP contribution >= 0.6 is 0 Å². The van der Waals surface area contributed by atoms with Crippen LogP contribution in [0.5, 0.6) is 0 Å². The Morgan fingerprint density at radius 3 is 3.00 bits per heavy atom. The molecule has 4 rings (SSSR count). The lowest BCUT2D eigenvalue weighted by Crippen LogP contribution is -2.45. The number of piperidine rings is 1. The van der Waals surface area contributed by atoms with E-state index in [2.05, 4.69) is 19.9 Å². The zero-order valence-corrected chi connectivity index (χ0v) is 15.1. The summed E-state index contributed by atoms with van der Waals surface area (Å²) in [6, 6.07) is 9.54. The first-order chi connectivity index (χ1) is 13.3. The van der Waals surface area contributed by atoms with Crippen molar-refractivity contribution >= 4 is 6.03 Å². The van der Waals surface area contributed by atoms with E-state index in [0.717, 1.165) is 36.7 Å². The van der Waals surface area contributed by atoms with Gasteiger partial charge in [-0.1, -0.05) is 6.07 Å².